The van der Waals surface area contributed by atoms with Crippen molar-refractivity contribution in [3.63, 3.8) is 0 Å². The van der Waals surface area contributed by atoms with E-state index in [-0.39, 0.29) is 6.54 Å². The first-order valence-corrected chi connectivity index (χ1v) is 8.51. The third-order valence-corrected chi connectivity index (χ3v) is 3.80. The van der Waals surface area contributed by atoms with E-state index in [0.29, 0.717) is 16.9 Å². The number of nitrogens with zero attached hydrogens (tertiary/aromatic N) is 3. The lowest BCUT2D eigenvalue weighted by Gasteiger charge is -2.19. The summed E-state index contributed by atoms with van der Waals surface area (Å²) < 4.78 is 45.1. The first-order valence-electron chi connectivity index (χ1n) is 8.51. The lowest BCUT2D eigenvalue weighted by atomic mass is 10.2. The SMILES string of the molecule is CC(C)(C)OC(=O)NCc1nn(-c2ccc(C(F)(F)F)cc2)c2cnccc12. The van der Waals surface area contributed by atoms with E-state index >= 15 is 0 Å². The zero-order valence-electron chi connectivity index (χ0n) is 15.5. The van der Waals surface area contributed by atoms with Gasteiger partial charge in [0.2, 0.25) is 0 Å². The van der Waals surface area contributed by atoms with Gasteiger partial charge in [-0.05, 0) is 51.1 Å². The van der Waals surface area contributed by atoms with Gasteiger partial charge in [-0.3, -0.25) is 4.98 Å². The molecule has 1 amide bonds. The van der Waals surface area contributed by atoms with Crippen molar-refractivity contribution in [3.8, 4) is 5.69 Å². The van der Waals surface area contributed by atoms with Crippen LogP contribution in [0.15, 0.2) is 42.7 Å². The van der Waals surface area contributed by atoms with E-state index in [2.05, 4.69) is 15.4 Å². The molecule has 6 nitrogen and oxygen atoms in total. The first kappa shape index (κ1) is 19.7. The summed E-state index contributed by atoms with van der Waals surface area (Å²) >= 11 is 0. The zero-order valence-corrected chi connectivity index (χ0v) is 15.5. The number of hydrogen-bond acceptors (Lipinski definition) is 4. The molecule has 0 bridgehead atoms. The number of fused-ring (bicyclic) bond motifs is 1. The molecule has 2 heterocycles. The molecule has 9 heteroatoms. The number of rotatable bonds is 3. The molecule has 1 N–H and O–H groups in total. The summed E-state index contributed by atoms with van der Waals surface area (Å²) in [7, 11) is 0. The summed E-state index contributed by atoms with van der Waals surface area (Å²) in [5, 5.41) is 7.81. The molecule has 0 aliphatic rings. The second-order valence-electron chi connectivity index (χ2n) is 7.15. The number of amides is 1. The van der Waals surface area contributed by atoms with Crippen LogP contribution in [0.4, 0.5) is 18.0 Å². The van der Waals surface area contributed by atoms with Gasteiger partial charge in [-0.2, -0.15) is 18.3 Å². The van der Waals surface area contributed by atoms with Gasteiger partial charge in [0.25, 0.3) is 0 Å². The molecule has 28 heavy (non-hydrogen) atoms. The molecule has 0 spiro atoms. The minimum Gasteiger partial charge on any atom is -0.444 e. The molecule has 0 aliphatic heterocycles. The number of alkyl carbamates (subject to hydrolysis) is 1. The topological polar surface area (TPSA) is 69.0 Å². The smallest absolute Gasteiger partial charge is 0.416 e. The van der Waals surface area contributed by atoms with Gasteiger partial charge in [-0.25, -0.2) is 9.48 Å². The van der Waals surface area contributed by atoms with Crippen LogP contribution in [-0.4, -0.2) is 26.5 Å². The number of carbonyl (C=O) groups excluding carboxylic acids is 1. The lowest BCUT2D eigenvalue weighted by molar-refractivity contribution is -0.137. The second kappa shape index (κ2) is 7.14. The molecule has 3 aromatic rings. The number of alkyl halides is 3. The Morgan fingerprint density at radius 2 is 1.82 bits per heavy atom. The Hall–Kier alpha value is -3.10. The Kier molecular flexibility index (Phi) is 5.01. The number of ether oxygens (including phenoxy) is 1. The van der Waals surface area contributed by atoms with Gasteiger partial charge in [-0.1, -0.05) is 0 Å². The van der Waals surface area contributed by atoms with Crippen LogP contribution in [0.1, 0.15) is 32.0 Å². The van der Waals surface area contributed by atoms with Crippen LogP contribution in [0.5, 0.6) is 0 Å². The van der Waals surface area contributed by atoms with Crippen LogP contribution in [0.25, 0.3) is 16.6 Å². The van der Waals surface area contributed by atoms with Crippen molar-refractivity contribution in [1.82, 2.24) is 20.1 Å². The lowest BCUT2D eigenvalue weighted by Crippen LogP contribution is -2.32. The standard InChI is InChI=1S/C19H19F3N4O2/c1-18(2,3)28-17(27)24-10-15-14-8-9-23-11-16(14)26(25-15)13-6-4-12(5-7-13)19(20,21)22/h4-9,11H,10H2,1-3H3,(H,24,27). The van der Waals surface area contributed by atoms with Crippen molar-refractivity contribution in [2.24, 2.45) is 0 Å². The zero-order chi connectivity index (χ0) is 20.5. The van der Waals surface area contributed by atoms with Crippen LogP contribution in [0.2, 0.25) is 0 Å². The Bertz CT molecular complexity index is 989. The van der Waals surface area contributed by atoms with Gasteiger partial charge in [0, 0.05) is 11.6 Å². The number of benzene rings is 1. The molecule has 0 radical (unpaired) electrons. The van der Waals surface area contributed by atoms with Crippen molar-refractivity contribution < 1.29 is 22.7 Å². The normalized spacial score (nSPS) is 12.2. The molecular formula is C19H19F3N4O2. The molecule has 0 saturated carbocycles. The predicted octanol–water partition coefficient (Wildman–Crippen LogP) is 4.46. The van der Waals surface area contributed by atoms with E-state index in [1.54, 1.807) is 39.2 Å². The number of halogens is 3. The number of hydrogen-bond donors (Lipinski definition) is 1. The molecule has 0 saturated heterocycles. The predicted molar refractivity (Wildman–Crippen MR) is 96.9 cm³/mol. The number of carbonyl (C=O) groups is 1. The quantitative estimate of drug-likeness (QED) is 0.714. The maximum atomic E-state index is 12.8. The van der Waals surface area contributed by atoms with E-state index < -0.39 is 23.4 Å². The number of pyridine rings is 1. The maximum Gasteiger partial charge on any atom is 0.416 e. The van der Waals surface area contributed by atoms with Crippen LogP contribution in [0.3, 0.4) is 0 Å². The summed E-state index contributed by atoms with van der Waals surface area (Å²) in [6.45, 7) is 5.37. The van der Waals surface area contributed by atoms with Crippen LogP contribution in [0, 0.1) is 0 Å². The third kappa shape index (κ3) is 4.41. The minimum absolute atomic E-state index is 0.100. The first-order chi connectivity index (χ1) is 13.0. The second-order valence-corrected chi connectivity index (χ2v) is 7.15. The monoisotopic (exact) mass is 392 g/mol. The fourth-order valence-corrected chi connectivity index (χ4v) is 2.62. The molecule has 2 aromatic heterocycles. The Labute approximate surface area is 159 Å². The van der Waals surface area contributed by atoms with Gasteiger partial charge in [-0.15, -0.1) is 0 Å². The number of nitrogens with one attached hydrogen (secondary N) is 1. The van der Waals surface area contributed by atoms with Crippen molar-refractivity contribution in [1.29, 1.82) is 0 Å². The summed E-state index contributed by atoms with van der Waals surface area (Å²) in [6, 6.07) is 6.41. The molecule has 0 fully saturated rings. The highest BCUT2D eigenvalue weighted by Gasteiger charge is 2.30. The maximum absolute atomic E-state index is 12.8. The van der Waals surface area contributed by atoms with Crippen molar-refractivity contribution in [2.45, 2.75) is 39.1 Å². The number of aromatic nitrogens is 3. The van der Waals surface area contributed by atoms with Crippen molar-refractivity contribution in [3.05, 3.63) is 54.0 Å². The average Bonchev–Trinajstić information content (AvgIpc) is 2.97. The van der Waals surface area contributed by atoms with E-state index in [1.807, 2.05) is 0 Å². The molecule has 0 atom stereocenters. The van der Waals surface area contributed by atoms with Crippen LogP contribution >= 0.6 is 0 Å². The molecule has 0 aliphatic carbocycles. The molecular weight excluding hydrogens is 373 g/mol. The van der Waals surface area contributed by atoms with Crippen molar-refractivity contribution in [2.75, 3.05) is 0 Å². The van der Waals surface area contributed by atoms with Crippen LogP contribution < -0.4 is 5.32 Å². The van der Waals surface area contributed by atoms with Crippen LogP contribution in [-0.2, 0) is 17.5 Å². The third-order valence-electron chi connectivity index (χ3n) is 3.80. The molecule has 0 unspecified atom stereocenters. The van der Waals surface area contributed by atoms with Gasteiger partial charge >= 0.3 is 12.3 Å². The van der Waals surface area contributed by atoms with Gasteiger partial charge in [0.15, 0.2) is 0 Å². The Balaban J connectivity index is 1.90. The highest BCUT2D eigenvalue weighted by molar-refractivity contribution is 5.83. The fourth-order valence-electron chi connectivity index (χ4n) is 2.62. The van der Waals surface area contributed by atoms with E-state index in [1.165, 1.54) is 16.8 Å². The molecule has 148 valence electrons. The minimum atomic E-state index is -4.41. The Morgan fingerprint density at radius 1 is 1.14 bits per heavy atom. The van der Waals surface area contributed by atoms with Gasteiger partial charge < -0.3 is 10.1 Å². The highest BCUT2D eigenvalue weighted by atomic mass is 19.4. The highest BCUT2D eigenvalue weighted by Crippen LogP contribution is 2.30. The summed E-state index contributed by atoms with van der Waals surface area (Å²) in [4.78, 5) is 15.9. The Morgan fingerprint density at radius 3 is 2.43 bits per heavy atom. The molecule has 3 rings (SSSR count). The van der Waals surface area contributed by atoms with Crippen molar-refractivity contribution >= 4 is 17.0 Å². The van der Waals surface area contributed by atoms with Gasteiger partial charge in [0.1, 0.15) is 5.60 Å². The molecule has 1 aromatic carbocycles. The average molecular weight is 392 g/mol. The largest absolute Gasteiger partial charge is 0.444 e. The van der Waals surface area contributed by atoms with Gasteiger partial charge in [0.05, 0.1) is 35.2 Å². The van der Waals surface area contributed by atoms with E-state index in [4.69, 9.17) is 4.74 Å². The fraction of sp³-hybridized carbons (Fsp3) is 0.316. The van der Waals surface area contributed by atoms with E-state index in [0.717, 1.165) is 17.5 Å². The van der Waals surface area contributed by atoms with E-state index in [9.17, 15) is 18.0 Å². The summed E-state index contributed by atoms with van der Waals surface area (Å²) in [5.74, 6) is 0. The summed E-state index contributed by atoms with van der Waals surface area (Å²) in [6.07, 6.45) is -1.84. The summed E-state index contributed by atoms with van der Waals surface area (Å²) in [5.41, 5.74) is 0.244.